The molecule has 0 bridgehead atoms. The molecular weight excluding hydrogens is 276 g/mol. The second kappa shape index (κ2) is 7.06. The van der Waals surface area contributed by atoms with Crippen molar-refractivity contribution < 1.29 is 13.2 Å². The standard InChI is InChI=1S/C14H24N2O3S/c1-5-8-19-14-7-6-13(9-12(14)10-15)20(17,18)16(4)11(2)3/h6-7,9,11H,5,8,10,15H2,1-4H3. The molecule has 0 saturated carbocycles. The van der Waals surface area contributed by atoms with E-state index in [0.717, 1.165) is 6.42 Å². The van der Waals surface area contributed by atoms with Crippen molar-refractivity contribution in [3.8, 4) is 5.75 Å². The van der Waals surface area contributed by atoms with E-state index >= 15 is 0 Å². The molecule has 0 amide bonds. The van der Waals surface area contributed by atoms with Crippen molar-refractivity contribution >= 4 is 10.0 Å². The molecule has 114 valence electrons. The Morgan fingerprint density at radius 1 is 1.35 bits per heavy atom. The van der Waals surface area contributed by atoms with Crippen LogP contribution in [0, 0.1) is 0 Å². The van der Waals surface area contributed by atoms with Crippen molar-refractivity contribution in [2.75, 3.05) is 13.7 Å². The van der Waals surface area contributed by atoms with Crippen LogP contribution >= 0.6 is 0 Å². The van der Waals surface area contributed by atoms with Crippen LogP contribution in [-0.4, -0.2) is 32.4 Å². The highest BCUT2D eigenvalue weighted by Crippen LogP contribution is 2.25. The van der Waals surface area contributed by atoms with E-state index < -0.39 is 10.0 Å². The third kappa shape index (κ3) is 3.71. The number of ether oxygens (including phenoxy) is 1. The van der Waals surface area contributed by atoms with Gasteiger partial charge < -0.3 is 10.5 Å². The lowest BCUT2D eigenvalue weighted by Gasteiger charge is -2.21. The zero-order valence-corrected chi connectivity index (χ0v) is 13.4. The molecule has 0 fully saturated rings. The van der Waals surface area contributed by atoms with Crippen molar-refractivity contribution in [2.24, 2.45) is 5.73 Å². The number of rotatable bonds is 7. The predicted molar refractivity (Wildman–Crippen MR) is 80.2 cm³/mol. The van der Waals surface area contributed by atoms with E-state index in [1.807, 2.05) is 20.8 Å². The van der Waals surface area contributed by atoms with Gasteiger partial charge in [0.2, 0.25) is 10.0 Å². The van der Waals surface area contributed by atoms with E-state index in [2.05, 4.69) is 0 Å². The summed E-state index contributed by atoms with van der Waals surface area (Å²) in [5, 5.41) is 0. The summed E-state index contributed by atoms with van der Waals surface area (Å²) in [6.45, 7) is 6.51. The number of sulfonamides is 1. The van der Waals surface area contributed by atoms with Gasteiger partial charge in [0.25, 0.3) is 0 Å². The predicted octanol–water partition coefficient (Wildman–Crippen LogP) is 1.96. The normalized spacial score (nSPS) is 12.2. The minimum atomic E-state index is -3.49. The largest absolute Gasteiger partial charge is 0.493 e. The van der Waals surface area contributed by atoms with E-state index in [-0.39, 0.29) is 17.5 Å². The summed E-state index contributed by atoms with van der Waals surface area (Å²) < 4.78 is 31.7. The van der Waals surface area contributed by atoms with Gasteiger partial charge in [0.1, 0.15) is 5.75 Å². The topological polar surface area (TPSA) is 72.6 Å². The molecule has 0 atom stereocenters. The molecule has 0 spiro atoms. The lowest BCUT2D eigenvalue weighted by Crippen LogP contribution is -2.33. The van der Waals surface area contributed by atoms with Crippen LogP contribution in [0.3, 0.4) is 0 Å². The van der Waals surface area contributed by atoms with Gasteiger partial charge in [-0.1, -0.05) is 6.92 Å². The number of benzene rings is 1. The van der Waals surface area contributed by atoms with Gasteiger partial charge >= 0.3 is 0 Å². The Morgan fingerprint density at radius 2 is 2.00 bits per heavy atom. The highest BCUT2D eigenvalue weighted by molar-refractivity contribution is 7.89. The van der Waals surface area contributed by atoms with Gasteiger partial charge in [-0.25, -0.2) is 8.42 Å². The van der Waals surface area contributed by atoms with Crippen molar-refractivity contribution in [1.82, 2.24) is 4.31 Å². The third-order valence-corrected chi connectivity index (χ3v) is 5.15. The van der Waals surface area contributed by atoms with Gasteiger partial charge in [0, 0.05) is 25.2 Å². The molecule has 0 saturated heterocycles. The molecule has 0 aliphatic heterocycles. The zero-order valence-electron chi connectivity index (χ0n) is 12.6. The average molecular weight is 300 g/mol. The summed E-state index contributed by atoms with van der Waals surface area (Å²) in [6, 6.07) is 4.74. The maximum Gasteiger partial charge on any atom is 0.243 e. The molecule has 1 aromatic carbocycles. The van der Waals surface area contributed by atoms with E-state index in [1.54, 1.807) is 25.2 Å². The average Bonchev–Trinajstić information content (AvgIpc) is 2.43. The van der Waals surface area contributed by atoms with Crippen LogP contribution in [0.15, 0.2) is 23.1 Å². The summed E-state index contributed by atoms with van der Waals surface area (Å²) >= 11 is 0. The summed E-state index contributed by atoms with van der Waals surface area (Å²) in [4.78, 5) is 0.248. The van der Waals surface area contributed by atoms with Crippen LogP contribution in [0.5, 0.6) is 5.75 Å². The summed E-state index contributed by atoms with van der Waals surface area (Å²) in [7, 11) is -1.91. The Kier molecular flexibility index (Phi) is 5.98. The Labute approximate surface area is 121 Å². The van der Waals surface area contributed by atoms with Gasteiger partial charge in [0.15, 0.2) is 0 Å². The van der Waals surface area contributed by atoms with Gasteiger partial charge in [-0.2, -0.15) is 4.31 Å². The molecule has 2 N–H and O–H groups in total. The SMILES string of the molecule is CCCOc1ccc(S(=O)(=O)N(C)C(C)C)cc1CN. The fourth-order valence-electron chi connectivity index (χ4n) is 1.67. The molecule has 1 rings (SSSR count). The van der Waals surface area contributed by atoms with Crippen molar-refractivity contribution in [3.05, 3.63) is 23.8 Å². The first-order chi connectivity index (χ1) is 9.34. The molecule has 20 heavy (non-hydrogen) atoms. The zero-order chi connectivity index (χ0) is 15.3. The van der Waals surface area contributed by atoms with E-state index in [0.29, 0.717) is 17.9 Å². The van der Waals surface area contributed by atoms with Crippen molar-refractivity contribution in [2.45, 2.75) is 44.7 Å². The monoisotopic (exact) mass is 300 g/mol. The molecule has 0 aromatic heterocycles. The first kappa shape index (κ1) is 16.9. The lowest BCUT2D eigenvalue weighted by molar-refractivity contribution is 0.314. The molecule has 0 unspecified atom stereocenters. The highest BCUT2D eigenvalue weighted by Gasteiger charge is 2.23. The van der Waals surface area contributed by atoms with Gasteiger partial charge in [-0.15, -0.1) is 0 Å². The van der Waals surface area contributed by atoms with Gasteiger partial charge in [0.05, 0.1) is 11.5 Å². The fraction of sp³-hybridized carbons (Fsp3) is 0.571. The second-order valence-electron chi connectivity index (χ2n) is 4.94. The third-order valence-electron chi connectivity index (χ3n) is 3.12. The van der Waals surface area contributed by atoms with Crippen LogP contribution in [0.25, 0.3) is 0 Å². The fourth-order valence-corrected chi connectivity index (χ4v) is 3.09. The van der Waals surface area contributed by atoms with Crippen LogP contribution < -0.4 is 10.5 Å². The van der Waals surface area contributed by atoms with Crippen molar-refractivity contribution in [1.29, 1.82) is 0 Å². The first-order valence-corrected chi connectivity index (χ1v) is 8.22. The Balaban J connectivity index is 3.15. The van der Waals surface area contributed by atoms with E-state index in [1.165, 1.54) is 4.31 Å². The van der Waals surface area contributed by atoms with Gasteiger partial charge in [-0.05, 0) is 38.5 Å². The summed E-state index contributed by atoms with van der Waals surface area (Å²) in [5.41, 5.74) is 6.39. The summed E-state index contributed by atoms with van der Waals surface area (Å²) in [6.07, 6.45) is 0.889. The number of hydrogen-bond acceptors (Lipinski definition) is 4. The van der Waals surface area contributed by atoms with E-state index in [9.17, 15) is 8.42 Å². The molecule has 0 aliphatic carbocycles. The minimum Gasteiger partial charge on any atom is -0.493 e. The quantitative estimate of drug-likeness (QED) is 0.835. The molecular formula is C14H24N2O3S. The molecule has 6 heteroatoms. The van der Waals surface area contributed by atoms with Crippen molar-refractivity contribution in [3.63, 3.8) is 0 Å². The Bertz CT molecular complexity index is 541. The van der Waals surface area contributed by atoms with Crippen LogP contribution in [0.1, 0.15) is 32.8 Å². The molecule has 1 aromatic rings. The van der Waals surface area contributed by atoms with Gasteiger partial charge in [-0.3, -0.25) is 0 Å². The maximum absolute atomic E-state index is 12.4. The molecule has 5 nitrogen and oxygen atoms in total. The Morgan fingerprint density at radius 3 is 2.50 bits per heavy atom. The molecule has 0 heterocycles. The number of hydrogen-bond donors (Lipinski definition) is 1. The molecule has 0 radical (unpaired) electrons. The minimum absolute atomic E-state index is 0.0997. The smallest absolute Gasteiger partial charge is 0.243 e. The van der Waals surface area contributed by atoms with Crippen LogP contribution in [0.4, 0.5) is 0 Å². The van der Waals surface area contributed by atoms with E-state index in [4.69, 9.17) is 10.5 Å². The summed E-state index contributed by atoms with van der Waals surface area (Å²) in [5.74, 6) is 0.653. The number of nitrogens with zero attached hydrogens (tertiary/aromatic N) is 1. The Hall–Kier alpha value is -1.11. The lowest BCUT2D eigenvalue weighted by atomic mass is 10.2. The molecule has 0 aliphatic rings. The second-order valence-corrected chi connectivity index (χ2v) is 6.93. The van der Waals surface area contributed by atoms with Crippen LogP contribution in [-0.2, 0) is 16.6 Å². The van der Waals surface area contributed by atoms with Crippen LogP contribution in [0.2, 0.25) is 0 Å². The number of nitrogens with two attached hydrogens (primary N) is 1. The maximum atomic E-state index is 12.4. The first-order valence-electron chi connectivity index (χ1n) is 6.78. The highest BCUT2D eigenvalue weighted by atomic mass is 32.2.